The van der Waals surface area contributed by atoms with Crippen molar-refractivity contribution in [2.75, 3.05) is 0 Å². The van der Waals surface area contributed by atoms with Crippen LogP contribution in [0.2, 0.25) is 0 Å². The third-order valence-corrected chi connectivity index (χ3v) is 4.01. The lowest BCUT2D eigenvalue weighted by atomic mass is 9.89. The van der Waals surface area contributed by atoms with E-state index < -0.39 is 0 Å². The van der Waals surface area contributed by atoms with Gasteiger partial charge in [0.2, 0.25) is 0 Å². The highest BCUT2D eigenvalue weighted by atomic mass is 16.5. The summed E-state index contributed by atoms with van der Waals surface area (Å²) in [4.78, 5) is 0. The molecule has 0 spiro atoms. The molecule has 1 aliphatic carbocycles. The maximum atomic E-state index is 9.95. The van der Waals surface area contributed by atoms with E-state index >= 15 is 0 Å². The highest BCUT2D eigenvalue weighted by Gasteiger charge is 2.18. The first-order valence-electron chi connectivity index (χ1n) is 7.38. The summed E-state index contributed by atoms with van der Waals surface area (Å²) in [5, 5.41) is 19.0. The van der Waals surface area contributed by atoms with Crippen LogP contribution in [0.5, 0.6) is 5.75 Å². The van der Waals surface area contributed by atoms with Gasteiger partial charge in [-0.2, -0.15) is 0 Å². The largest absolute Gasteiger partial charge is 0.489 e. The van der Waals surface area contributed by atoms with Gasteiger partial charge < -0.3 is 14.9 Å². The Bertz CT molecular complexity index is 604. The average molecular weight is 284 g/mol. The zero-order chi connectivity index (χ0) is 14.7. The molecule has 0 bridgehead atoms. The van der Waals surface area contributed by atoms with Crippen molar-refractivity contribution in [2.24, 2.45) is 0 Å². The Balaban J connectivity index is 1.67. The molecule has 3 rings (SSSR count). The zero-order valence-corrected chi connectivity index (χ0v) is 12.0. The molecule has 1 atom stereocenters. The fourth-order valence-corrected chi connectivity index (χ4v) is 2.76. The molecule has 0 aliphatic heterocycles. The number of aliphatic hydroxyl groups excluding tert-OH is 2. The Labute approximate surface area is 124 Å². The van der Waals surface area contributed by atoms with Crippen LogP contribution in [-0.2, 0) is 19.6 Å². The van der Waals surface area contributed by atoms with Gasteiger partial charge in [-0.3, -0.25) is 0 Å². The Morgan fingerprint density at radius 1 is 1.05 bits per heavy atom. The van der Waals surface area contributed by atoms with Crippen molar-refractivity contribution in [2.45, 2.75) is 38.6 Å². The number of aliphatic hydroxyl groups is 2. The zero-order valence-electron chi connectivity index (χ0n) is 12.0. The van der Waals surface area contributed by atoms with Gasteiger partial charge in [0.25, 0.3) is 0 Å². The molecule has 2 aromatic rings. The van der Waals surface area contributed by atoms with Crippen LogP contribution in [0.4, 0.5) is 0 Å². The van der Waals surface area contributed by atoms with Gasteiger partial charge in [-0.05, 0) is 53.6 Å². The van der Waals surface area contributed by atoms with Gasteiger partial charge in [0.1, 0.15) is 12.4 Å². The second-order valence-corrected chi connectivity index (χ2v) is 5.53. The minimum Gasteiger partial charge on any atom is -0.489 e. The molecule has 0 heterocycles. The van der Waals surface area contributed by atoms with Crippen LogP contribution in [0.25, 0.3) is 0 Å². The smallest absolute Gasteiger partial charge is 0.120 e. The lowest BCUT2D eigenvalue weighted by Gasteiger charge is -2.21. The number of aryl methyl sites for hydroxylation is 1. The molecule has 21 heavy (non-hydrogen) atoms. The van der Waals surface area contributed by atoms with Gasteiger partial charge in [0.15, 0.2) is 0 Å². The van der Waals surface area contributed by atoms with Gasteiger partial charge in [-0.15, -0.1) is 0 Å². The molecule has 3 nitrogen and oxygen atoms in total. The van der Waals surface area contributed by atoms with E-state index in [4.69, 9.17) is 9.84 Å². The molecule has 0 saturated carbocycles. The summed E-state index contributed by atoms with van der Waals surface area (Å²) >= 11 is 0. The van der Waals surface area contributed by atoms with E-state index in [0.717, 1.165) is 41.7 Å². The summed E-state index contributed by atoms with van der Waals surface area (Å²) in [5.74, 6) is 0.842. The van der Waals surface area contributed by atoms with Crippen LogP contribution in [0.15, 0.2) is 42.5 Å². The molecule has 0 radical (unpaired) electrons. The average Bonchev–Trinajstić information content (AvgIpc) is 2.53. The molecule has 0 fully saturated rings. The van der Waals surface area contributed by atoms with E-state index in [1.807, 2.05) is 42.5 Å². The van der Waals surface area contributed by atoms with E-state index in [0.29, 0.717) is 6.61 Å². The Morgan fingerprint density at radius 2 is 1.81 bits per heavy atom. The first kappa shape index (κ1) is 14.1. The number of rotatable bonds is 4. The molecular weight excluding hydrogens is 264 g/mol. The molecule has 0 aromatic heterocycles. The fourth-order valence-electron chi connectivity index (χ4n) is 2.76. The Kier molecular flexibility index (Phi) is 4.23. The van der Waals surface area contributed by atoms with Gasteiger partial charge in [-0.25, -0.2) is 0 Å². The molecule has 110 valence electrons. The lowest BCUT2D eigenvalue weighted by molar-refractivity contribution is 0.156. The van der Waals surface area contributed by atoms with Crippen molar-refractivity contribution in [3.8, 4) is 5.75 Å². The van der Waals surface area contributed by atoms with Gasteiger partial charge >= 0.3 is 0 Å². The van der Waals surface area contributed by atoms with Crippen LogP contribution in [-0.4, -0.2) is 10.2 Å². The van der Waals surface area contributed by atoms with Crippen molar-refractivity contribution < 1.29 is 14.9 Å². The van der Waals surface area contributed by atoms with E-state index in [-0.39, 0.29) is 12.7 Å². The van der Waals surface area contributed by atoms with E-state index in [1.165, 1.54) is 5.56 Å². The van der Waals surface area contributed by atoms with Crippen LogP contribution in [0.3, 0.4) is 0 Å². The number of hydrogen-bond acceptors (Lipinski definition) is 3. The predicted molar refractivity (Wildman–Crippen MR) is 81.0 cm³/mol. The number of fused-ring (bicyclic) bond motifs is 1. The standard InChI is InChI=1S/C18H20O3/c19-11-13-4-6-14(7-5-13)12-21-16-8-9-17-15(10-16)2-1-3-18(17)20/h4-10,18-20H,1-3,11-12H2. The van der Waals surface area contributed by atoms with Crippen LogP contribution in [0, 0.1) is 0 Å². The Hall–Kier alpha value is -1.84. The summed E-state index contributed by atoms with van der Waals surface area (Å²) in [5.41, 5.74) is 4.22. The quantitative estimate of drug-likeness (QED) is 0.907. The highest BCUT2D eigenvalue weighted by molar-refractivity contribution is 5.38. The first-order chi connectivity index (χ1) is 10.3. The predicted octanol–water partition coefficient (Wildman–Crippen LogP) is 3.13. The third-order valence-electron chi connectivity index (χ3n) is 4.01. The molecule has 0 amide bonds. The van der Waals surface area contributed by atoms with E-state index in [2.05, 4.69) is 0 Å². The molecule has 2 aromatic carbocycles. The maximum absolute atomic E-state index is 9.95. The van der Waals surface area contributed by atoms with Gasteiger partial charge in [-0.1, -0.05) is 30.3 Å². The molecule has 0 saturated heterocycles. The van der Waals surface area contributed by atoms with Gasteiger partial charge in [0, 0.05) is 0 Å². The summed E-state index contributed by atoms with van der Waals surface area (Å²) in [6.07, 6.45) is 2.56. The van der Waals surface area contributed by atoms with Gasteiger partial charge in [0.05, 0.1) is 12.7 Å². The highest BCUT2D eigenvalue weighted by Crippen LogP contribution is 2.32. The van der Waals surface area contributed by atoms with Crippen molar-refractivity contribution in [1.29, 1.82) is 0 Å². The number of ether oxygens (including phenoxy) is 1. The molecule has 1 unspecified atom stereocenters. The summed E-state index contributed by atoms with van der Waals surface area (Å²) < 4.78 is 5.82. The van der Waals surface area contributed by atoms with Crippen LogP contribution < -0.4 is 4.74 Å². The maximum Gasteiger partial charge on any atom is 0.120 e. The first-order valence-corrected chi connectivity index (χ1v) is 7.38. The van der Waals surface area contributed by atoms with Crippen LogP contribution >= 0.6 is 0 Å². The van der Waals surface area contributed by atoms with Crippen molar-refractivity contribution in [3.05, 3.63) is 64.7 Å². The molecule has 3 heteroatoms. The van der Waals surface area contributed by atoms with Crippen molar-refractivity contribution in [3.63, 3.8) is 0 Å². The monoisotopic (exact) mass is 284 g/mol. The van der Waals surface area contributed by atoms with Crippen LogP contribution in [0.1, 0.15) is 41.2 Å². The Morgan fingerprint density at radius 3 is 2.57 bits per heavy atom. The molecule has 2 N–H and O–H groups in total. The summed E-state index contributed by atoms with van der Waals surface area (Å²) in [6.45, 7) is 0.571. The number of benzene rings is 2. The number of hydrogen-bond donors (Lipinski definition) is 2. The third kappa shape index (κ3) is 3.26. The normalized spacial score (nSPS) is 17.3. The minimum atomic E-state index is -0.325. The van der Waals surface area contributed by atoms with E-state index in [1.54, 1.807) is 0 Å². The van der Waals surface area contributed by atoms with E-state index in [9.17, 15) is 5.11 Å². The summed E-state index contributed by atoms with van der Waals surface area (Å²) in [6, 6.07) is 13.7. The topological polar surface area (TPSA) is 49.7 Å². The summed E-state index contributed by atoms with van der Waals surface area (Å²) in [7, 11) is 0. The van der Waals surface area contributed by atoms with Crippen molar-refractivity contribution >= 4 is 0 Å². The fraction of sp³-hybridized carbons (Fsp3) is 0.333. The molecule has 1 aliphatic rings. The second kappa shape index (κ2) is 6.29. The lowest BCUT2D eigenvalue weighted by Crippen LogP contribution is -2.09. The van der Waals surface area contributed by atoms with Crippen molar-refractivity contribution in [1.82, 2.24) is 0 Å². The molecular formula is C18H20O3. The second-order valence-electron chi connectivity index (χ2n) is 5.53. The minimum absolute atomic E-state index is 0.0638. The SMILES string of the molecule is OCc1ccc(COc2ccc3c(c2)CCCC3O)cc1.